The first-order chi connectivity index (χ1) is 13.2. The Morgan fingerprint density at radius 3 is 2.39 bits per heavy atom. The van der Waals surface area contributed by atoms with E-state index in [1.807, 2.05) is 0 Å². The molecule has 1 atom stereocenters. The lowest BCUT2D eigenvalue weighted by atomic mass is 9.81. The van der Waals surface area contributed by atoms with Crippen LogP contribution in [0.25, 0.3) is 0 Å². The third kappa shape index (κ3) is 3.06. The summed E-state index contributed by atoms with van der Waals surface area (Å²) in [7, 11) is 1.42. The van der Waals surface area contributed by atoms with Gasteiger partial charge in [-0.3, -0.25) is 9.69 Å². The molecule has 0 aliphatic carbocycles. The van der Waals surface area contributed by atoms with Gasteiger partial charge in [-0.2, -0.15) is 8.78 Å². The van der Waals surface area contributed by atoms with Crippen molar-refractivity contribution < 1.29 is 27.1 Å². The second-order valence-electron chi connectivity index (χ2n) is 6.34. The number of alkyl halides is 3. The predicted octanol–water partition coefficient (Wildman–Crippen LogP) is 3.24. The van der Waals surface area contributed by atoms with E-state index in [2.05, 4.69) is 9.73 Å². The zero-order valence-electron chi connectivity index (χ0n) is 15.0. The molecule has 0 radical (unpaired) electrons. The summed E-state index contributed by atoms with van der Waals surface area (Å²) in [5.74, 6) is -1.44. The SMILES string of the molecule is Cc1cc(C2(c3ccc(F)c(CF)c3)N=C(N)N(C)C2=O)ccc1OC(F)F. The molecule has 9 heteroatoms. The monoisotopic (exact) mass is 395 g/mol. The summed E-state index contributed by atoms with van der Waals surface area (Å²) < 4.78 is 56.5. The standard InChI is InChI=1S/C19H17F4N3O2/c1-10-7-12(4-6-15(10)28-17(22)23)19(16(27)26(2)18(24)25-19)13-3-5-14(21)11(8-13)9-20/h3-8,17H,9H2,1-2H3,(H2,24,25). The fraction of sp³-hybridized carbons (Fsp3) is 0.263. The van der Waals surface area contributed by atoms with Gasteiger partial charge in [0.2, 0.25) is 0 Å². The van der Waals surface area contributed by atoms with Gasteiger partial charge < -0.3 is 10.5 Å². The first-order valence-corrected chi connectivity index (χ1v) is 8.25. The van der Waals surface area contributed by atoms with Crippen molar-refractivity contribution in [2.24, 2.45) is 10.7 Å². The van der Waals surface area contributed by atoms with Crippen LogP contribution >= 0.6 is 0 Å². The smallest absolute Gasteiger partial charge is 0.387 e. The minimum atomic E-state index is -3.00. The van der Waals surface area contributed by atoms with Gasteiger partial charge in [-0.15, -0.1) is 0 Å². The summed E-state index contributed by atoms with van der Waals surface area (Å²) in [4.78, 5) is 18.5. The number of halogens is 4. The van der Waals surface area contributed by atoms with Crippen molar-refractivity contribution in [2.45, 2.75) is 25.7 Å². The summed E-state index contributed by atoms with van der Waals surface area (Å²) in [5.41, 5.74) is 4.76. The van der Waals surface area contributed by atoms with E-state index in [0.29, 0.717) is 11.1 Å². The van der Waals surface area contributed by atoms with Crippen LogP contribution in [-0.2, 0) is 17.0 Å². The van der Waals surface area contributed by atoms with E-state index in [9.17, 15) is 22.4 Å². The molecule has 2 aromatic carbocycles. The molecule has 2 aromatic rings. The van der Waals surface area contributed by atoms with Crippen molar-refractivity contribution in [3.05, 3.63) is 64.5 Å². The van der Waals surface area contributed by atoms with Crippen molar-refractivity contribution >= 4 is 11.9 Å². The van der Waals surface area contributed by atoms with Crippen LogP contribution in [0.4, 0.5) is 17.6 Å². The number of aryl methyl sites for hydroxylation is 1. The molecule has 0 spiro atoms. The van der Waals surface area contributed by atoms with Gasteiger partial charge in [0.15, 0.2) is 11.5 Å². The number of guanidine groups is 1. The molecule has 28 heavy (non-hydrogen) atoms. The topological polar surface area (TPSA) is 67.9 Å². The molecule has 1 heterocycles. The van der Waals surface area contributed by atoms with Crippen LogP contribution in [0.15, 0.2) is 41.4 Å². The number of likely N-dealkylation sites (N-methyl/N-ethyl adjacent to an activating group) is 1. The van der Waals surface area contributed by atoms with Gasteiger partial charge >= 0.3 is 6.61 Å². The number of rotatable bonds is 5. The Labute approximate surface area is 158 Å². The Morgan fingerprint density at radius 1 is 1.21 bits per heavy atom. The largest absolute Gasteiger partial charge is 0.435 e. The normalized spacial score (nSPS) is 19.3. The zero-order chi connectivity index (χ0) is 20.6. The molecule has 5 nitrogen and oxygen atoms in total. The second-order valence-corrected chi connectivity index (χ2v) is 6.34. The van der Waals surface area contributed by atoms with Gasteiger partial charge in [0.05, 0.1) is 0 Å². The molecule has 1 aliphatic heterocycles. The van der Waals surface area contributed by atoms with Gasteiger partial charge in [-0.1, -0.05) is 12.1 Å². The molecule has 0 saturated heterocycles. The number of carbonyl (C=O) groups excluding carboxylic acids is 1. The van der Waals surface area contributed by atoms with E-state index >= 15 is 0 Å². The minimum absolute atomic E-state index is 0.0618. The van der Waals surface area contributed by atoms with Crippen LogP contribution in [0.5, 0.6) is 5.75 Å². The lowest BCUT2D eigenvalue weighted by Crippen LogP contribution is -2.41. The molecule has 2 N–H and O–H groups in total. The van der Waals surface area contributed by atoms with Crippen molar-refractivity contribution in [1.82, 2.24) is 4.90 Å². The minimum Gasteiger partial charge on any atom is -0.435 e. The van der Waals surface area contributed by atoms with E-state index in [0.717, 1.165) is 11.0 Å². The number of carbonyl (C=O) groups is 1. The summed E-state index contributed by atoms with van der Waals surface area (Å²) in [6, 6.07) is 7.73. The quantitative estimate of drug-likeness (QED) is 0.791. The molecular formula is C19H17F4N3O2. The van der Waals surface area contributed by atoms with Crippen molar-refractivity contribution in [3.63, 3.8) is 0 Å². The average Bonchev–Trinajstić information content (AvgIpc) is 2.88. The molecule has 1 unspecified atom stereocenters. The highest BCUT2D eigenvalue weighted by molar-refractivity contribution is 6.08. The first-order valence-electron chi connectivity index (χ1n) is 8.25. The fourth-order valence-electron chi connectivity index (χ4n) is 3.19. The molecule has 1 amide bonds. The fourth-order valence-corrected chi connectivity index (χ4v) is 3.19. The molecule has 0 bridgehead atoms. The Morgan fingerprint density at radius 2 is 1.86 bits per heavy atom. The number of amides is 1. The lowest BCUT2D eigenvalue weighted by Gasteiger charge is -2.27. The molecule has 3 rings (SSSR count). The molecule has 0 saturated carbocycles. The number of aliphatic imine (C=N–C) groups is 1. The van der Waals surface area contributed by atoms with E-state index in [-0.39, 0.29) is 22.8 Å². The highest BCUT2D eigenvalue weighted by atomic mass is 19.3. The third-order valence-electron chi connectivity index (χ3n) is 4.66. The third-order valence-corrected chi connectivity index (χ3v) is 4.66. The van der Waals surface area contributed by atoms with Crippen LogP contribution in [0, 0.1) is 12.7 Å². The van der Waals surface area contributed by atoms with Crippen LogP contribution < -0.4 is 10.5 Å². The maximum Gasteiger partial charge on any atom is 0.387 e. The van der Waals surface area contributed by atoms with Gasteiger partial charge in [0.1, 0.15) is 18.2 Å². The Balaban J connectivity index is 2.23. The number of benzene rings is 2. The van der Waals surface area contributed by atoms with Gasteiger partial charge in [-0.25, -0.2) is 13.8 Å². The number of nitrogens with two attached hydrogens (primary N) is 1. The molecular weight excluding hydrogens is 378 g/mol. The van der Waals surface area contributed by atoms with E-state index in [1.165, 1.54) is 44.3 Å². The average molecular weight is 395 g/mol. The molecule has 148 valence electrons. The van der Waals surface area contributed by atoms with Crippen LogP contribution in [0.3, 0.4) is 0 Å². The van der Waals surface area contributed by atoms with Crippen LogP contribution in [0.2, 0.25) is 0 Å². The van der Waals surface area contributed by atoms with Crippen LogP contribution in [-0.4, -0.2) is 30.4 Å². The summed E-state index contributed by atoms with van der Waals surface area (Å²) >= 11 is 0. The van der Waals surface area contributed by atoms with Crippen LogP contribution in [0.1, 0.15) is 22.3 Å². The van der Waals surface area contributed by atoms with Crippen molar-refractivity contribution in [2.75, 3.05) is 7.05 Å². The maximum atomic E-state index is 13.8. The number of ether oxygens (including phenoxy) is 1. The van der Waals surface area contributed by atoms with Gasteiger partial charge in [-0.05, 0) is 47.9 Å². The molecule has 0 aromatic heterocycles. The maximum absolute atomic E-state index is 13.8. The summed E-state index contributed by atoms with van der Waals surface area (Å²) in [5, 5.41) is 0. The highest BCUT2D eigenvalue weighted by Crippen LogP contribution is 2.41. The summed E-state index contributed by atoms with van der Waals surface area (Å²) in [6.07, 6.45) is 0. The summed E-state index contributed by atoms with van der Waals surface area (Å²) in [6.45, 7) is -2.54. The van der Waals surface area contributed by atoms with E-state index in [4.69, 9.17) is 5.73 Å². The molecule has 0 fully saturated rings. The Bertz CT molecular complexity index is 964. The van der Waals surface area contributed by atoms with Crippen molar-refractivity contribution in [3.8, 4) is 5.75 Å². The number of hydrogen-bond donors (Lipinski definition) is 1. The number of nitrogens with zero attached hydrogens (tertiary/aromatic N) is 2. The van der Waals surface area contributed by atoms with E-state index < -0.39 is 30.5 Å². The van der Waals surface area contributed by atoms with Gasteiger partial charge in [0, 0.05) is 12.6 Å². The first kappa shape index (κ1) is 19.7. The van der Waals surface area contributed by atoms with Gasteiger partial charge in [0.25, 0.3) is 5.91 Å². The predicted molar refractivity (Wildman–Crippen MR) is 94.2 cm³/mol. The highest BCUT2D eigenvalue weighted by Gasteiger charge is 2.49. The van der Waals surface area contributed by atoms with Crippen molar-refractivity contribution in [1.29, 1.82) is 0 Å². The number of hydrogen-bond acceptors (Lipinski definition) is 4. The lowest BCUT2D eigenvalue weighted by molar-refractivity contribution is -0.129. The Kier molecular flexibility index (Phi) is 5.01. The zero-order valence-corrected chi connectivity index (χ0v) is 15.0. The second kappa shape index (κ2) is 7.14. The molecule has 1 aliphatic rings. The van der Waals surface area contributed by atoms with E-state index in [1.54, 1.807) is 0 Å². The Hall–Kier alpha value is -3.10.